The smallest absolute Gasteiger partial charge is 0.342 e. The molecule has 0 aromatic heterocycles. The summed E-state index contributed by atoms with van der Waals surface area (Å²) in [7, 11) is 0. The van der Waals surface area contributed by atoms with E-state index in [1.807, 2.05) is 0 Å². The van der Waals surface area contributed by atoms with Gasteiger partial charge in [0, 0.05) is 17.8 Å². The molecule has 0 saturated heterocycles. The Labute approximate surface area is 115 Å². The second-order valence-corrected chi connectivity index (χ2v) is 5.64. The molecule has 1 aromatic carbocycles. The van der Waals surface area contributed by atoms with Gasteiger partial charge in [0.25, 0.3) is 5.69 Å². The average molecular weight is 276 g/mol. The van der Waals surface area contributed by atoms with Gasteiger partial charge in [-0.2, -0.15) is 0 Å². The SMILES string of the molecule is O=C(O)c1ccc(NC(C2CC2)C2CC2)cc1[N+](=O)[O-]. The maximum atomic E-state index is 11.0. The molecule has 0 bridgehead atoms. The van der Waals surface area contributed by atoms with Gasteiger partial charge in [0.15, 0.2) is 0 Å². The van der Waals surface area contributed by atoms with Crippen LogP contribution in [0.15, 0.2) is 18.2 Å². The van der Waals surface area contributed by atoms with E-state index in [1.54, 1.807) is 6.07 Å². The van der Waals surface area contributed by atoms with Crippen LogP contribution in [0.1, 0.15) is 36.0 Å². The monoisotopic (exact) mass is 276 g/mol. The highest BCUT2D eigenvalue weighted by molar-refractivity contribution is 5.93. The summed E-state index contributed by atoms with van der Waals surface area (Å²) in [4.78, 5) is 21.3. The third-order valence-corrected chi connectivity index (χ3v) is 4.02. The lowest BCUT2D eigenvalue weighted by molar-refractivity contribution is -0.385. The number of benzene rings is 1. The van der Waals surface area contributed by atoms with Crippen molar-refractivity contribution in [2.24, 2.45) is 11.8 Å². The number of carboxylic acids is 1. The molecule has 0 radical (unpaired) electrons. The maximum Gasteiger partial charge on any atom is 0.342 e. The second-order valence-electron chi connectivity index (χ2n) is 5.64. The normalized spacial score (nSPS) is 18.1. The third kappa shape index (κ3) is 2.59. The summed E-state index contributed by atoms with van der Waals surface area (Å²) in [5, 5.41) is 23.3. The molecule has 0 aliphatic heterocycles. The van der Waals surface area contributed by atoms with Crippen LogP contribution in [0.2, 0.25) is 0 Å². The summed E-state index contributed by atoms with van der Waals surface area (Å²) in [6.45, 7) is 0. The first-order valence-corrected chi connectivity index (χ1v) is 6.84. The molecule has 1 aromatic rings. The number of hydrogen-bond acceptors (Lipinski definition) is 4. The number of nitrogens with one attached hydrogen (secondary N) is 1. The lowest BCUT2D eigenvalue weighted by Crippen LogP contribution is -2.24. The van der Waals surface area contributed by atoms with Gasteiger partial charge in [-0.05, 0) is 49.7 Å². The number of nitrogens with zero attached hydrogens (tertiary/aromatic N) is 1. The molecule has 0 atom stereocenters. The number of carbonyl (C=O) groups is 1. The van der Waals surface area contributed by atoms with Crippen LogP contribution in [0.4, 0.5) is 11.4 Å². The zero-order valence-electron chi connectivity index (χ0n) is 10.9. The van der Waals surface area contributed by atoms with Gasteiger partial charge in [-0.15, -0.1) is 0 Å². The number of nitro groups is 1. The number of nitro benzene ring substituents is 1. The number of aromatic carboxylic acids is 1. The molecule has 0 amide bonds. The molecule has 0 unspecified atom stereocenters. The molecule has 2 aliphatic rings. The zero-order valence-corrected chi connectivity index (χ0v) is 10.9. The van der Waals surface area contributed by atoms with Crippen molar-refractivity contribution in [2.75, 3.05) is 5.32 Å². The summed E-state index contributed by atoms with van der Waals surface area (Å²) >= 11 is 0. The van der Waals surface area contributed by atoms with Crippen molar-refractivity contribution in [1.82, 2.24) is 0 Å². The summed E-state index contributed by atoms with van der Waals surface area (Å²) in [5.41, 5.74) is 0.0216. The highest BCUT2D eigenvalue weighted by Gasteiger charge is 2.41. The molecule has 20 heavy (non-hydrogen) atoms. The van der Waals surface area contributed by atoms with E-state index in [1.165, 1.54) is 37.8 Å². The summed E-state index contributed by atoms with van der Waals surface area (Å²) < 4.78 is 0. The van der Waals surface area contributed by atoms with Gasteiger partial charge in [0.2, 0.25) is 0 Å². The predicted octanol–water partition coefficient (Wildman–Crippen LogP) is 2.89. The fourth-order valence-electron chi connectivity index (χ4n) is 2.68. The molecule has 106 valence electrons. The summed E-state index contributed by atoms with van der Waals surface area (Å²) in [5.74, 6) is 0.0607. The van der Waals surface area contributed by atoms with Gasteiger partial charge in [-0.1, -0.05) is 0 Å². The second kappa shape index (κ2) is 4.77. The van der Waals surface area contributed by atoms with E-state index < -0.39 is 10.9 Å². The Morgan fingerprint density at radius 3 is 2.35 bits per heavy atom. The number of hydrogen-bond donors (Lipinski definition) is 2. The molecule has 0 heterocycles. The van der Waals surface area contributed by atoms with E-state index in [0.29, 0.717) is 23.6 Å². The van der Waals surface area contributed by atoms with Crippen molar-refractivity contribution in [2.45, 2.75) is 31.7 Å². The Morgan fingerprint density at radius 2 is 1.90 bits per heavy atom. The van der Waals surface area contributed by atoms with Crippen LogP contribution in [0, 0.1) is 22.0 Å². The number of rotatable bonds is 6. The Hall–Kier alpha value is -2.11. The third-order valence-electron chi connectivity index (χ3n) is 4.02. The highest BCUT2D eigenvalue weighted by Crippen LogP contribution is 2.46. The van der Waals surface area contributed by atoms with E-state index >= 15 is 0 Å². The predicted molar refractivity (Wildman–Crippen MR) is 72.9 cm³/mol. The van der Waals surface area contributed by atoms with Gasteiger partial charge < -0.3 is 10.4 Å². The van der Waals surface area contributed by atoms with Crippen molar-refractivity contribution < 1.29 is 14.8 Å². The van der Waals surface area contributed by atoms with Crippen LogP contribution in [-0.2, 0) is 0 Å². The largest absolute Gasteiger partial charge is 0.477 e. The molecule has 2 N–H and O–H groups in total. The lowest BCUT2D eigenvalue weighted by Gasteiger charge is -2.19. The molecule has 2 fully saturated rings. The first-order valence-electron chi connectivity index (χ1n) is 6.84. The van der Waals surface area contributed by atoms with E-state index in [4.69, 9.17) is 5.11 Å². The Bertz CT molecular complexity index is 552. The van der Waals surface area contributed by atoms with Crippen LogP contribution in [0.5, 0.6) is 0 Å². The standard InChI is InChI=1S/C14H16N2O4/c17-14(18)11-6-5-10(7-12(11)16(19)20)15-13(8-1-2-8)9-3-4-9/h5-9,13,15H,1-4H2,(H,17,18). The molecule has 2 aliphatic carbocycles. The van der Waals surface area contributed by atoms with Crippen LogP contribution in [-0.4, -0.2) is 22.0 Å². The summed E-state index contributed by atoms with van der Waals surface area (Å²) in [6.07, 6.45) is 4.85. The van der Waals surface area contributed by atoms with Gasteiger partial charge >= 0.3 is 5.97 Å². The van der Waals surface area contributed by atoms with E-state index in [2.05, 4.69) is 5.32 Å². The topological polar surface area (TPSA) is 92.5 Å². The molecular weight excluding hydrogens is 260 g/mol. The molecule has 2 saturated carbocycles. The molecular formula is C14H16N2O4. The van der Waals surface area contributed by atoms with E-state index in [9.17, 15) is 14.9 Å². The zero-order chi connectivity index (χ0) is 14.3. The Balaban J connectivity index is 1.84. The van der Waals surface area contributed by atoms with Gasteiger partial charge in [-0.25, -0.2) is 4.79 Å². The average Bonchev–Trinajstić information content (AvgIpc) is 3.28. The minimum atomic E-state index is -1.27. The fourth-order valence-corrected chi connectivity index (χ4v) is 2.68. The first kappa shape index (κ1) is 12.9. The Kier molecular flexibility index (Phi) is 3.08. The van der Waals surface area contributed by atoms with Gasteiger partial charge in [0.1, 0.15) is 5.56 Å². The van der Waals surface area contributed by atoms with Gasteiger partial charge in [-0.3, -0.25) is 10.1 Å². The molecule has 3 rings (SSSR count). The minimum Gasteiger partial charge on any atom is -0.477 e. The Morgan fingerprint density at radius 1 is 1.30 bits per heavy atom. The van der Waals surface area contributed by atoms with Crippen molar-refractivity contribution in [3.8, 4) is 0 Å². The summed E-state index contributed by atoms with van der Waals surface area (Å²) in [6, 6.07) is 4.64. The number of anilines is 1. The van der Waals surface area contributed by atoms with Crippen molar-refractivity contribution >= 4 is 17.3 Å². The van der Waals surface area contributed by atoms with Crippen molar-refractivity contribution in [3.05, 3.63) is 33.9 Å². The first-order chi connectivity index (χ1) is 9.56. The molecule has 0 spiro atoms. The molecule has 6 heteroatoms. The quantitative estimate of drug-likeness (QED) is 0.615. The van der Waals surface area contributed by atoms with E-state index in [-0.39, 0.29) is 11.3 Å². The van der Waals surface area contributed by atoms with Crippen LogP contribution < -0.4 is 5.32 Å². The van der Waals surface area contributed by atoms with Crippen molar-refractivity contribution in [1.29, 1.82) is 0 Å². The van der Waals surface area contributed by atoms with Crippen molar-refractivity contribution in [3.63, 3.8) is 0 Å². The van der Waals surface area contributed by atoms with Gasteiger partial charge in [0.05, 0.1) is 4.92 Å². The van der Waals surface area contributed by atoms with Crippen LogP contribution in [0.25, 0.3) is 0 Å². The highest BCUT2D eigenvalue weighted by atomic mass is 16.6. The van der Waals surface area contributed by atoms with E-state index in [0.717, 1.165) is 0 Å². The maximum absolute atomic E-state index is 11.0. The molecule has 6 nitrogen and oxygen atoms in total. The van der Waals surface area contributed by atoms with Crippen LogP contribution >= 0.6 is 0 Å². The number of carboxylic acid groups (broad SMARTS) is 1. The lowest BCUT2D eigenvalue weighted by atomic mass is 10.1. The fraction of sp³-hybridized carbons (Fsp3) is 0.500. The van der Waals surface area contributed by atoms with Crippen LogP contribution in [0.3, 0.4) is 0 Å². The minimum absolute atomic E-state index is 0.269.